The second-order valence-electron chi connectivity index (χ2n) is 5.44. The minimum Gasteiger partial charge on any atom is -0.481 e. The Morgan fingerprint density at radius 1 is 1.13 bits per heavy atom. The fourth-order valence-electron chi connectivity index (χ4n) is 0.861. The number of amides is 1. The first-order chi connectivity index (χ1) is 6.57. The van der Waals surface area contributed by atoms with Crippen molar-refractivity contribution in [1.29, 1.82) is 0 Å². The van der Waals surface area contributed by atoms with Crippen molar-refractivity contribution in [3.05, 3.63) is 0 Å². The monoisotopic (exact) mass is 215 g/mol. The normalized spacial score (nSPS) is 12.3. The molecule has 4 nitrogen and oxygen atoms in total. The molecular formula is C11H21NO3. The summed E-state index contributed by atoms with van der Waals surface area (Å²) < 4.78 is 0. The van der Waals surface area contributed by atoms with Crippen LogP contribution in [0.2, 0.25) is 0 Å². The maximum absolute atomic E-state index is 11.5. The molecule has 0 aromatic carbocycles. The molecule has 0 aliphatic heterocycles. The SMILES string of the molecule is CC(C)(C)C(=O)NCCC(C)(C)C(=O)O. The topological polar surface area (TPSA) is 66.4 Å². The summed E-state index contributed by atoms with van der Waals surface area (Å²) in [6.07, 6.45) is 0.435. The van der Waals surface area contributed by atoms with E-state index in [1.807, 2.05) is 20.8 Å². The van der Waals surface area contributed by atoms with Gasteiger partial charge in [-0.05, 0) is 20.3 Å². The lowest BCUT2D eigenvalue weighted by Crippen LogP contribution is -2.37. The number of aliphatic carboxylic acids is 1. The van der Waals surface area contributed by atoms with Crippen LogP contribution in [-0.2, 0) is 9.59 Å². The highest BCUT2D eigenvalue weighted by Crippen LogP contribution is 2.20. The number of carbonyl (C=O) groups excluding carboxylic acids is 1. The van der Waals surface area contributed by atoms with Gasteiger partial charge in [-0.3, -0.25) is 9.59 Å². The van der Waals surface area contributed by atoms with Crippen LogP contribution in [0, 0.1) is 10.8 Å². The van der Waals surface area contributed by atoms with E-state index in [2.05, 4.69) is 5.32 Å². The fraction of sp³-hybridized carbons (Fsp3) is 0.818. The summed E-state index contributed by atoms with van der Waals surface area (Å²) in [6.45, 7) is 9.17. The Labute approximate surface area is 91.1 Å². The van der Waals surface area contributed by atoms with Crippen LogP contribution in [0.5, 0.6) is 0 Å². The van der Waals surface area contributed by atoms with Crippen molar-refractivity contribution in [3.8, 4) is 0 Å². The molecule has 15 heavy (non-hydrogen) atoms. The van der Waals surface area contributed by atoms with Crippen molar-refractivity contribution >= 4 is 11.9 Å². The van der Waals surface area contributed by atoms with Crippen LogP contribution < -0.4 is 5.32 Å². The van der Waals surface area contributed by atoms with Crippen LogP contribution in [-0.4, -0.2) is 23.5 Å². The second kappa shape index (κ2) is 4.64. The number of hydrogen-bond acceptors (Lipinski definition) is 2. The van der Waals surface area contributed by atoms with Gasteiger partial charge in [0.15, 0.2) is 0 Å². The third kappa shape index (κ3) is 4.81. The fourth-order valence-corrected chi connectivity index (χ4v) is 0.861. The largest absolute Gasteiger partial charge is 0.481 e. The number of carbonyl (C=O) groups is 2. The van der Waals surface area contributed by atoms with Crippen molar-refractivity contribution in [2.24, 2.45) is 10.8 Å². The maximum atomic E-state index is 11.5. The number of carboxylic acid groups (broad SMARTS) is 1. The average molecular weight is 215 g/mol. The standard InChI is InChI=1S/C11H21NO3/c1-10(2,3)8(13)12-7-6-11(4,5)9(14)15/h6-7H2,1-5H3,(H,12,13)(H,14,15). The van der Waals surface area contributed by atoms with Gasteiger partial charge in [-0.15, -0.1) is 0 Å². The summed E-state index contributed by atoms with van der Waals surface area (Å²) in [5.74, 6) is -0.892. The molecule has 0 aliphatic carbocycles. The van der Waals surface area contributed by atoms with E-state index in [-0.39, 0.29) is 5.91 Å². The Morgan fingerprint density at radius 2 is 1.60 bits per heavy atom. The molecule has 4 heteroatoms. The predicted octanol–water partition coefficient (Wildman–Crippen LogP) is 1.65. The Kier molecular flexibility index (Phi) is 4.31. The van der Waals surface area contributed by atoms with E-state index in [1.54, 1.807) is 13.8 Å². The molecule has 0 radical (unpaired) electrons. The minimum absolute atomic E-state index is 0.0521. The molecule has 0 saturated carbocycles. The van der Waals surface area contributed by atoms with Crippen LogP contribution in [0.15, 0.2) is 0 Å². The van der Waals surface area contributed by atoms with Gasteiger partial charge in [-0.25, -0.2) is 0 Å². The molecule has 0 aromatic rings. The van der Waals surface area contributed by atoms with Gasteiger partial charge in [0, 0.05) is 12.0 Å². The van der Waals surface area contributed by atoms with Crippen LogP contribution in [0.25, 0.3) is 0 Å². The van der Waals surface area contributed by atoms with E-state index in [4.69, 9.17) is 5.11 Å². The summed E-state index contributed by atoms with van der Waals surface area (Å²) in [5.41, 5.74) is -1.21. The van der Waals surface area contributed by atoms with Gasteiger partial charge < -0.3 is 10.4 Å². The van der Waals surface area contributed by atoms with Gasteiger partial charge in [0.25, 0.3) is 0 Å². The lowest BCUT2D eigenvalue weighted by molar-refractivity contribution is -0.147. The second-order valence-corrected chi connectivity index (χ2v) is 5.44. The first-order valence-corrected chi connectivity index (χ1v) is 5.09. The zero-order chi connectivity index (χ0) is 12.3. The van der Waals surface area contributed by atoms with Gasteiger partial charge in [0.05, 0.1) is 5.41 Å². The lowest BCUT2D eigenvalue weighted by atomic mass is 9.89. The van der Waals surface area contributed by atoms with Crippen molar-refractivity contribution in [2.45, 2.75) is 41.0 Å². The Morgan fingerprint density at radius 3 is 1.93 bits per heavy atom. The van der Waals surface area contributed by atoms with Crippen LogP contribution in [0.4, 0.5) is 0 Å². The van der Waals surface area contributed by atoms with Crippen molar-refractivity contribution in [3.63, 3.8) is 0 Å². The molecule has 0 unspecified atom stereocenters. The van der Waals surface area contributed by atoms with Crippen molar-refractivity contribution < 1.29 is 14.7 Å². The molecule has 1 amide bonds. The van der Waals surface area contributed by atoms with E-state index in [9.17, 15) is 9.59 Å². The van der Waals surface area contributed by atoms with E-state index in [0.29, 0.717) is 13.0 Å². The van der Waals surface area contributed by atoms with E-state index in [0.717, 1.165) is 0 Å². The molecule has 0 atom stereocenters. The zero-order valence-corrected chi connectivity index (χ0v) is 10.2. The molecule has 0 rings (SSSR count). The van der Waals surface area contributed by atoms with E-state index < -0.39 is 16.8 Å². The number of nitrogens with one attached hydrogen (secondary N) is 1. The summed E-state index contributed by atoms with van der Waals surface area (Å²) in [5, 5.41) is 11.6. The Balaban J connectivity index is 4.01. The molecule has 88 valence electrons. The molecule has 0 saturated heterocycles. The summed E-state index contributed by atoms with van der Waals surface area (Å²) in [7, 11) is 0. The molecule has 0 spiro atoms. The van der Waals surface area contributed by atoms with Gasteiger partial charge in [0.2, 0.25) is 5.91 Å². The van der Waals surface area contributed by atoms with Gasteiger partial charge in [-0.2, -0.15) is 0 Å². The number of carboxylic acids is 1. The maximum Gasteiger partial charge on any atom is 0.309 e. The van der Waals surface area contributed by atoms with Crippen molar-refractivity contribution in [2.75, 3.05) is 6.54 Å². The Bertz CT molecular complexity index is 251. The highest BCUT2D eigenvalue weighted by atomic mass is 16.4. The summed E-state index contributed by atoms with van der Waals surface area (Å²) >= 11 is 0. The number of hydrogen-bond donors (Lipinski definition) is 2. The molecule has 0 bridgehead atoms. The van der Waals surface area contributed by atoms with Crippen LogP contribution in [0.1, 0.15) is 41.0 Å². The smallest absolute Gasteiger partial charge is 0.309 e. The molecule has 0 aliphatic rings. The first-order valence-electron chi connectivity index (χ1n) is 5.09. The van der Waals surface area contributed by atoms with Gasteiger partial charge in [-0.1, -0.05) is 20.8 Å². The van der Waals surface area contributed by atoms with E-state index >= 15 is 0 Å². The highest BCUT2D eigenvalue weighted by Gasteiger charge is 2.27. The van der Waals surface area contributed by atoms with Gasteiger partial charge >= 0.3 is 5.97 Å². The summed E-state index contributed by atoms with van der Waals surface area (Å²) in [6, 6.07) is 0. The van der Waals surface area contributed by atoms with Crippen molar-refractivity contribution in [1.82, 2.24) is 5.32 Å². The Hall–Kier alpha value is -1.06. The average Bonchev–Trinajstić information content (AvgIpc) is 2.01. The predicted molar refractivity (Wildman–Crippen MR) is 58.5 cm³/mol. The van der Waals surface area contributed by atoms with Crippen LogP contribution >= 0.6 is 0 Å². The molecule has 0 fully saturated rings. The van der Waals surface area contributed by atoms with Gasteiger partial charge in [0.1, 0.15) is 0 Å². The number of rotatable bonds is 4. The highest BCUT2D eigenvalue weighted by molar-refractivity contribution is 5.81. The quantitative estimate of drug-likeness (QED) is 0.749. The minimum atomic E-state index is -0.840. The third-order valence-corrected chi connectivity index (χ3v) is 2.30. The third-order valence-electron chi connectivity index (χ3n) is 2.30. The summed E-state index contributed by atoms with van der Waals surface area (Å²) in [4.78, 5) is 22.2. The van der Waals surface area contributed by atoms with Crippen LogP contribution in [0.3, 0.4) is 0 Å². The lowest BCUT2D eigenvalue weighted by Gasteiger charge is -2.22. The molecule has 0 heterocycles. The van der Waals surface area contributed by atoms with E-state index in [1.165, 1.54) is 0 Å². The molecule has 2 N–H and O–H groups in total. The zero-order valence-electron chi connectivity index (χ0n) is 10.2. The molecular weight excluding hydrogens is 194 g/mol. The molecule has 0 aromatic heterocycles. The first kappa shape index (κ1) is 13.9.